The van der Waals surface area contributed by atoms with E-state index in [1.54, 1.807) is 23.2 Å². The predicted octanol–water partition coefficient (Wildman–Crippen LogP) is 3.10. The third kappa shape index (κ3) is 4.74. The number of hydrogen-bond acceptors (Lipinski definition) is 3. The van der Waals surface area contributed by atoms with Crippen LogP contribution in [0.4, 0.5) is 0 Å². The zero-order valence-corrected chi connectivity index (χ0v) is 15.6. The fourth-order valence-corrected chi connectivity index (χ4v) is 3.48. The third-order valence-corrected chi connectivity index (χ3v) is 4.96. The number of nitrogens with one attached hydrogen (secondary N) is 1. The number of benzene rings is 1. The van der Waals surface area contributed by atoms with Crippen molar-refractivity contribution in [3.8, 4) is 0 Å². The average Bonchev–Trinajstić information content (AvgIpc) is 2.98. The largest absolute Gasteiger partial charge is 0.355 e. The van der Waals surface area contributed by atoms with Crippen molar-refractivity contribution in [3.63, 3.8) is 0 Å². The zero-order valence-electron chi connectivity index (χ0n) is 14.1. The molecule has 26 heavy (non-hydrogen) atoms. The van der Waals surface area contributed by atoms with Crippen LogP contribution in [0.15, 0.2) is 42.6 Å². The van der Waals surface area contributed by atoms with Crippen LogP contribution in [0.1, 0.15) is 17.7 Å². The molecule has 1 N–H and O–H groups in total. The molecule has 0 spiro atoms. The molecular formula is C19H19Cl2N3O2. The molecule has 2 heterocycles. The lowest BCUT2D eigenvalue weighted by atomic mass is 10.1. The fourth-order valence-electron chi connectivity index (χ4n) is 2.98. The number of likely N-dealkylation sites (tertiary alicyclic amines) is 1. The molecule has 7 heteroatoms. The number of halogens is 2. The Morgan fingerprint density at radius 1 is 1.27 bits per heavy atom. The molecule has 1 aromatic heterocycles. The van der Waals surface area contributed by atoms with E-state index in [1.165, 1.54) is 0 Å². The van der Waals surface area contributed by atoms with Crippen LogP contribution in [0.3, 0.4) is 0 Å². The maximum Gasteiger partial charge on any atom is 0.225 e. The first-order valence-corrected chi connectivity index (χ1v) is 9.18. The van der Waals surface area contributed by atoms with Gasteiger partial charge in [-0.1, -0.05) is 35.3 Å². The highest BCUT2D eigenvalue weighted by Crippen LogP contribution is 2.22. The first-order chi connectivity index (χ1) is 12.5. The van der Waals surface area contributed by atoms with E-state index in [2.05, 4.69) is 10.3 Å². The van der Waals surface area contributed by atoms with Crippen molar-refractivity contribution < 1.29 is 9.59 Å². The Balaban J connectivity index is 1.48. The molecule has 1 atom stereocenters. The van der Waals surface area contributed by atoms with Gasteiger partial charge in [-0.05, 0) is 36.2 Å². The number of aromatic nitrogens is 1. The predicted molar refractivity (Wildman–Crippen MR) is 101 cm³/mol. The Morgan fingerprint density at radius 2 is 2.12 bits per heavy atom. The summed E-state index contributed by atoms with van der Waals surface area (Å²) < 4.78 is 0. The van der Waals surface area contributed by atoms with Gasteiger partial charge in [-0.3, -0.25) is 14.6 Å². The molecule has 0 bridgehead atoms. The average molecular weight is 392 g/mol. The highest BCUT2D eigenvalue weighted by atomic mass is 35.5. The normalized spacial score (nSPS) is 16.8. The van der Waals surface area contributed by atoms with Gasteiger partial charge in [0.15, 0.2) is 0 Å². The van der Waals surface area contributed by atoms with Crippen LogP contribution < -0.4 is 5.32 Å². The standard InChI is InChI=1S/C19H19Cl2N3O2/c20-15-5-4-13(17(21)10-15)6-8-23-19(26)14-9-18(25)24(11-14)12-16-3-1-2-7-22-16/h1-5,7,10,14H,6,8-9,11-12H2,(H,23,26)/t14-/m1/s1. The summed E-state index contributed by atoms with van der Waals surface area (Å²) in [6.45, 7) is 1.32. The van der Waals surface area contributed by atoms with Gasteiger partial charge in [0, 0.05) is 35.8 Å². The number of hydrogen-bond donors (Lipinski definition) is 1. The van der Waals surface area contributed by atoms with Crippen molar-refractivity contribution in [3.05, 3.63) is 63.9 Å². The van der Waals surface area contributed by atoms with E-state index in [0.717, 1.165) is 11.3 Å². The van der Waals surface area contributed by atoms with Gasteiger partial charge in [-0.15, -0.1) is 0 Å². The van der Waals surface area contributed by atoms with Gasteiger partial charge in [0.1, 0.15) is 0 Å². The Hall–Kier alpha value is -2.11. The maximum atomic E-state index is 12.4. The minimum Gasteiger partial charge on any atom is -0.355 e. The van der Waals surface area contributed by atoms with Crippen molar-refractivity contribution in [2.75, 3.05) is 13.1 Å². The molecule has 1 fully saturated rings. The summed E-state index contributed by atoms with van der Waals surface area (Å²) in [5, 5.41) is 4.07. The van der Waals surface area contributed by atoms with E-state index in [-0.39, 0.29) is 24.2 Å². The smallest absolute Gasteiger partial charge is 0.225 e. The van der Waals surface area contributed by atoms with Gasteiger partial charge in [0.2, 0.25) is 11.8 Å². The van der Waals surface area contributed by atoms with Gasteiger partial charge < -0.3 is 10.2 Å². The quantitative estimate of drug-likeness (QED) is 0.822. The lowest BCUT2D eigenvalue weighted by molar-refractivity contribution is -0.129. The molecule has 3 rings (SSSR count). The molecule has 2 amide bonds. The number of pyridine rings is 1. The number of nitrogens with zero attached hydrogens (tertiary/aromatic N) is 2. The van der Waals surface area contributed by atoms with Gasteiger partial charge in [-0.2, -0.15) is 0 Å². The SMILES string of the molecule is O=C(NCCc1ccc(Cl)cc1Cl)[C@@H]1CC(=O)N(Cc2ccccn2)C1. The van der Waals surface area contributed by atoms with Crippen molar-refractivity contribution in [1.29, 1.82) is 0 Å². The summed E-state index contributed by atoms with van der Waals surface area (Å²) in [6.07, 6.45) is 2.54. The summed E-state index contributed by atoms with van der Waals surface area (Å²) in [5.41, 5.74) is 1.75. The third-order valence-electron chi connectivity index (χ3n) is 4.37. The highest BCUT2D eigenvalue weighted by Gasteiger charge is 2.34. The molecule has 2 aromatic rings. The summed E-state index contributed by atoms with van der Waals surface area (Å²) in [7, 11) is 0. The zero-order chi connectivity index (χ0) is 18.5. The Bertz CT molecular complexity index is 799. The van der Waals surface area contributed by atoms with Crippen molar-refractivity contribution in [1.82, 2.24) is 15.2 Å². The van der Waals surface area contributed by atoms with Crippen LogP contribution in [-0.2, 0) is 22.6 Å². The highest BCUT2D eigenvalue weighted by molar-refractivity contribution is 6.35. The van der Waals surface area contributed by atoms with Gasteiger partial charge in [0.05, 0.1) is 18.2 Å². The van der Waals surface area contributed by atoms with Crippen LogP contribution >= 0.6 is 23.2 Å². The number of carbonyl (C=O) groups is 2. The second kappa shape index (κ2) is 8.52. The van der Waals surface area contributed by atoms with E-state index >= 15 is 0 Å². The second-order valence-corrected chi connectivity index (χ2v) is 7.12. The molecule has 1 aliphatic heterocycles. The van der Waals surface area contributed by atoms with Crippen molar-refractivity contribution >= 4 is 35.0 Å². The monoisotopic (exact) mass is 391 g/mol. The van der Waals surface area contributed by atoms with E-state index in [4.69, 9.17) is 23.2 Å². The van der Waals surface area contributed by atoms with Gasteiger partial charge in [0.25, 0.3) is 0 Å². The molecule has 136 valence electrons. The summed E-state index contributed by atoms with van der Waals surface area (Å²) in [4.78, 5) is 30.4. The Morgan fingerprint density at radius 3 is 2.85 bits per heavy atom. The van der Waals surface area contributed by atoms with Crippen LogP contribution in [0.5, 0.6) is 0 Å². The van der Waals surface area contributed by atoms with Crippen LogP contribution in [-0.4, -0.2) is 34.8 Å². The molecule has 0 radical (unpaired) electrons. The lowest BCUT2D eigenvalue weighted by Crippen LogP contribution is -2.34. The summed E-state index contributed by atoms with van der Waals surface area (Å²) >= 11 is 12.0. The Labute approximate surface area is 162 Å². The van der Waals surface area contributed by atoms with Gasteiger partial charge >= 0.3 is 0 Å². The van der Waals surface area contributed by atoms with E-state index < -0.39 is 0 Å². The topological polar surface area (TPSA) is 62.3 Å². The molecule has 0 aliphatic carbocycles. The lowest BCUT2D eigenvalue weighted by Gasteiger charge is -2.16. The molecule has 1 aliphatic rings. The van der Waals surface area contributed by atoms with Crippen LogP contribution in [0.25, 0.3) is 0 Å². The summed E-state index contributed by atoms with van der Waals surface area (Å²) in [6, 6.07) is 10.9. The summed E-state index contributed by atoms with van der Waals surface area (Å²) in [5.74, 6) is -0.449. The number of amides is 2. The first-order valence-electron chi connectivity index (χ1n) is 8.42. The first kappa shape index (κ1) is 18.7. The molecule has 0 saturated carbocycles. The molecule has 0 unspecified atom stereocenters. The molecular weight excluding hydrogens is 373 g/mol. The number of rotatable bonds is 6. The van der Waals surface area contributed by atoms with Crippen LogP contribution in [0.2, 0.25) is 10.0 Å². The fraction of sp³-hybridized carbons (Fsp3) is 0.316. The minimum absolute atomic E-state index is 0.0171. The molecule has 5 nitrogen and oxygen atoms in total. The van der Waals surface area contributed by atoms with E-state index in [0.29, 0.717) is 36.1 Å². The molecule has 1 saturated heterocycles. The van der Waals surface area contributed by atoms with Crippen molar-refractivity contribution in [2.24, 2.45) is 5.92 Å². The Kier molecular flexibility index (Phi) is 6.12. The van der Waals surface area contributed by atoms with Crippen LogP contribution in [0, 0.1) is 5.92 Å². The molecule has 1 aromatic carbocycles. The van der Waals surface area contributed by atoms with E-state index in [1.807, 2.05) is 24.3 Å². The van der Waals surface area contributed by atoms with E-state index in [9.17, 15) is 9.59 Å². The minimum atomic E-state index is -0.327. The number of carbonyl (C=O) groups excluding carboxylic acids is 2. The maximum absolute atomic E-state index is 12.4. The van der Waals surface area contributed by atoms with Gasteiger partial charge in [-0.25, -0.2) is 0 Å². The van der Waals surface area contributed by atoms with Crippen molar-refractivity contribution in [2.45, 2.75) is 19.4 Å². The second-order valence-electron chi connectivity index (χ2n) is 6.27.